The van der Waals surface area contributed by atoms with Gasteiger partial charge in [-0.25, -0.2) is 0 Å². The van der Waals surface area contributed by atoms with Gasteiger partial charge in [0.15, 0.2) is 0 Å². The summed E-state index contributed by atoms with van der Waals surface area (Å²) in [5.41, 5.74) is 0. The van der Waals surface area contributed by atoms with E-state index in [0.29, 0.717) is 10.8 Å². The van der Waals surface area contributed by atoms with Crippen molar-refractivity contribution in [2.75, 3.05) is 32.4 Å². The molecule has 0 saturated carbocycles. The van der Waals surface area contributed by atoms with Gasteiger partial charge in [-0.05, 0) is 45.5 Å². The third kappa shape index (κ3) is 3.94. The number of nitrogens with one attached hydrogen (secondary N) is 1. The maximum absolute atomic E-state index is 3.57. The Morgan fingerprint density at radius 2 is 2.06 bits per heavy atom. The number of hydrogen-bond donors (Lipinski definition) is 1. The number of hydrogen-bond acceptors (Lipinski definition) is 3. The SMILES string of the molecule is CCC(CC)(CN1CCCNC(C)C1)SC. The third-order valence-electron chi connectivity index (χ3n) is 3.91. The summed E-state index contributed by atoms with van der Waals surface area (Å²) in [6.07, 6.45) is 6.13. The van der Waals surface area contributed by atoms with Crippen molar-refractivity contribution in [1.82, 2.24) is 10.2 Å². The van der Waals surface area contributed by atoms with Crippen LogP contribution in [0.4, 0.5) is 0 Å². The van der Waals surface area contributed by atoms with Crippen LogP contribution >= 0.6 is 11.8 Å². The van der Waals surface area contributed by atoms with Crippen LogP contribution in [0.5, 0.6) is 0 Å². The average molecular weight is 244 g/mol. The lowest BCUT2D eigenvalue weighted by molar-refractivity contribution is 0.239. The van der Waals surface area contributed by atoms with Gasteiger partial charge in [-0.2, -0.15) is 11.8 Å². The van der Waals surface area contributed by atoms with Gasteiger partial charge < -0.3 is 10.2 Å². The largest absolute Gasteiger partial charge is 0.313 e. The minimum Gasteiger partial charge on any atom is -0.313 e. The predicted molar refractivity (Wildman–Crippen MR) is 75.3 cm³/mol. The van der Waals surface area contributed by atoms with E-state index in [1.807, 2.05) is 0 Å². The van der Waals surface area contributed by atoms with Gasteiger partial charge in [0.1, 0.15) is 0 Å². The van der Waals surface area contributed by atoms with Crippen LogP contribution in [0.25, 0.3) is 0 Å². The maximum atomic E-state index is 3.57. The van der Waals surface area contributed by atoms with Crippen molar-refractivity contribution < 1.29 is 0 Å². The van der Waals surface area contributed by atoms with Crippen molar-refractivity contribution in [3.63, 3.8) is 0 Å². The fourth-order valence-corrected chi connectivity index (χ4v) is 3.46. The molecule has 1 unspecified atom stereocenters. The maximum Gasteiger partial charge on any atom is 0.0279 e. The van der Waals surface area contributed by atoms with Crippen molar-refractivity contribution in [2.45, 2.75) is 50.8 Å². The molecule has 0 aromatic rings. The first kappa shape index (κ1) is 14.3. The average Bonchev–Trinajstić information content (AvgIpc) is 2.50. The van der Waals surface area contributed by atoms with Crippen molar-refractivity contribution in [3.05, 3.63) is 0 Å². The highest BCUT2D eigenvalue weighted by atomic mass is 32.2. The molecule has 0 amide bonds. The molecule has 1 N–H and O–H groups in total. The van der Waals surface area contributed by atoms with Crippen molar-refractivity contribution in [2.24, 2.45) is 0 Å². The Hall–Kier alpha value is 0.270. The van der Waals surface area contributed by atoms with Gasteiger partial charge in [0.05, 0.1) is 0 Å². The summed E-state index contributed by atoms with van der Waals surface area (Å²) in [6.45, 7) is 11.9. The van der Waals surface area contributed by atoms with Gasteiger partial charge >= 0.3 is 0 Å². The van der Waals surface area contributed by atoms with E-state index >= 15 is 0 Å². The molecule has 0 aromatic carbocycles. The fraction of sp³-hybridized carbons (Fsp3) is 1.00. The van der Waals surface area contributed by atoms with E-state index in [1.165, 1.54) is 45.4 Å². The number of thioether (sulfide) groups is 1. The summed E-state index contributed by atoms with van der Waals surface area (Å²) in [5, 5.41) is 3.57. The van der Waals surface area contributed by atoms with E-state index in [9.17, 15) is 0 Å². The molecular formula is C13H28N2S. The van der Waals surface area contributed by atoms with Gasteiger partial charge in [0, 0.05) is 23.9 Å². The highest BCUT2D eigenvalue weighted by Gasteiger charge is 2.28. The molecule has 0 aromatic heterocycles. The lowest BCUT2D eigenvalue weighted by Gasteiger charge is -2.36. The highest BCUT2D eigenvalue weighted by Crippen LogP contribution is 2.31. The number of rotatable bonds is 5. The molecule has 96 valence electrons. The molecule has 2 nitrogen and oxygen atoms in total. The molecule has 1 rings (SSSR count). The molecule has 1 aliphatic rings. The summed E-state index contributed by atoms with van der Waals surface area (Å²) in [5.74, 6) is 0. The molecular weight excluding hydrogens is 216 g/mol. The quantitative estimate of drug-likeness (QED) is 0.800. The zero-order chi connectivity index (χ0) is 12.0. The van der Waals surface area contributed by atoms with Gasteiger partial charge in [-0.15, -0.1) is 0 Å². The highest BCUT2D eigenvalue weighted by molar-refractivity contribution is 8.00. The van der Waals surface area contributed by atoms with Crippen LogP contribution in [0, 0.1) is 0 Å². The van der Waals surface area contributed by atoms with Gasteiger partial charge in [0.25, 0.3) is 0 Å². The first-order valence-corrected chi connectivity index (χ1v) is 7.89. The van der Waals surface area contributed by atoms with Crippen LogP contribution in [0.15, 0.2) is 0 Å². The molecule has 3 heteroatoms. The van der Waals surface area contributed by atoms with Gasteiger partial charge in [-0.1, -0.05) is 13.8 Å². The zero-order valence-electron chi connectivity index (χ0n) is 11.4. The molecule has 1 heterocycles. The minimum absolute atomic E-state index is 0.476. The second kappa shape index (κ2) is 6.87. The Labute approximate surface area is 106 Å². The van der Waals surface area contributed by atoms with E-state index in [4.69, 9.17) is 0 Å². The predicted octanol–water partition coefficient (Wildman–Crippen LogP) is 2.59. The monoisotopic (exact) mass is 244 g/mol. The first-order chi connectivity index (χ1) is 7.65. The van der Waals surface area contributed by atoms with E-state index in [1.54, 1.807) is 0 Å². The Bertz CT molecular complexity index is 184. The zero-order valence-corrected chi connectivity index (χ0v) is 12.2. The lowest BCUT2D eigenvalue weighted by Crippen LogP contribution is -2.43. The van der Waals surface area contributed by atoms with E-state index in [0.717, 1.165) is 0 Å². The summed E-state index contributed by atoms with van der Waals surface area (Å²) >= 11 is 2.06. The summed E-state index contributed by atoms with van der Waals surface area (Å²) in [4.78, 5) is 2.66. The van der Waals surface area contributed by atoms with Crippen LogP contribution in [-0.4, -0.2) is 48.1 Å². The molecule has 0 bridgehead atoms. The minimum atomic E-state index is 0.476. The van der Waals surface area contributed by atoms with Crippen molar-refractivity contribution in [1.29, 1.82) is 0 Å². The van der Waals surface area contributed by atoms with Gasteiger partial charge in [-0.3, -0.25) is 0 Å². The lowest BCUT2D eigenvalue weighted by atomic mass is 10.0. The van der Waals surface area contributed by atoms with Crippen LogP contribution < -0.4 is 5.32 Å². The standard InChI is InChI=1S/C13H28N2S/c1-5-13(6-2,16-4)11-15-9-7-8-14-12(3)10-15/h12,14H,5-11H2,1-4H3. The Kier molecular flexibility index (Phi) is 6.16. The summed E-state index contributed by atoms with van der Waals surface area (Å²) in [7, 11) is 0. The Balaban J connectivity index is 2.55. The van der Waals surface area contributed by atoms with Crippen LogP contribution in [-0.2, 0) is 0 Å². The van der Waals surface area contributed by atoms with Gasteiger partial charge in [0.2, 0.25) is 0 Å². The molecule has 16 heavy (non-hydrogen) atoms. The van der Waals surface area contributed by atoms with Crippen molar-refractivity contribution in [3.8, 4) is 0 Å². The second-order valence-corrected chi connectivity index (χ2v) is 6.31. The molecule has 1 atom stereocenters. The van der Waals surface area contributed by atoms with Crippen LogP contribution in [0.3, 0.4) is 0 Å². The van der Waals surface area contributed by atoms with Crippen molar-refractivity contribution >= 4 is 11.8 Å². The van der Waals surface area contributed by atoms with E-state index < -0.39 is 0 Å². The van der Waals surface area contributed by atoms with Crippen LogP contribution in [0.2, 0.25) is 0 Å². The Morgan fingerprint density at radius 3 is 2.62 bits per heavy atom. The normalized spacial score (nSPS) is 24.4. The summed E-state index contributed by atoms with van der Waals surface area (Å²) < 4.78 is 0.476. The molecule has 1 saturated heterocycles. The second-order valence-electron chi connectivity index (χ2n) is 5.04. The number of nitrogens with zero attached hydrogens (tertiary/aromatic N) is 1. The van der Waals surface area contributed by atoms with E-state index in [-0.39, 0.29) is 0 Å². The molecule has 1 aliphatic heterocycles. The molecule has 1 fully saturated rings. The first-order valence-electron chi connectivity index (χ1n) is 6.66. The molecule has 0 aliphatic carbocycles. The Morgan fingerprint density at radius 1 is 1.38 bits per heavy atom. The topological polar surface area (TPSA) is 15.3 Å². The van der Waals surface area contributed by atoms with E-state index in [2.05, 4.69) is 49.0 Å². The fourth-order valence-electron chi connectivity index (χ4n) is 2.57. The molecule has 0 radical (unpaired) electrons. The molecule has 0 spiro atoms. The summed E-state index contributed by atoms with van der Waals surface area (Å²) in [6, 6.07) is 0.649. The smallest absolute Gasteiger partial charge is 0.0279 e. The van der Waals surface area contributed by atoms with Crippen LogP contribution in [0.1, 0.15) is 40.0 Å². The third-order valence-corrected chi connectivity index (χ3v) is 5.48.